The lowest BCUT2D eigenvalue weighted by Gasteiger charge is -2.23. The molecule has 1 saturated heterocycles. The Morgan fingerprint density at radius 2 is 2.08 bits per heavy atom. The molecular weight excluding hydrogens is 322 g/mol. The first kappa shape index (κ1) is 15.9. The van der Waals surface area contributed by atoms with Crippen LogP contribution in [0, 0.1) is 0 Å². The normalized spacial score (nSPS) is 26.4. The zero-order valence-electron chi connectivity index (χ0n) is 13.6. The number of allylic oxidation sites excluding steroid dienone is 1. The molecule has 0 bridgehead atoms. The van der Waals surface area contributed by atoms with E-state index in [0.29, 0.717) is 24.8 Å². The predicted octanol–water partition coefficient (Wildman–Crippen LogP) is 2.65. The van der Waals surface area contributed by atoms with E-state index in [4.69, 9.17) is 4.42 Å². The lowest BCUT2D eigenvalue weighted by molar-refractivity contribution is 0.374. The third kappa shape index (κ3) is 3.16. The zero-order chi connectivity index (χ0) is 16.4. The third-order valence-corrected chi connectivity index (χ3v) is 5.81. The van der Waals surface area contributed by atoms with Crippen molar-refractivity contribution in [3.63, 3.8) is 0 Å². The van der Waals surface area contributed by atoms with Gasteiger partial charge in [-0.25, -0.2) is 0 Å². The molecule has 2 aromatic rings. The molecular formula is C17H23N5OS. The first-order chi connectivity index (χ1) is 11.8. The molecule has 0 aromatic carbocycles. The molecule has 2 aliphatic rings. The average molecular weight is 345 g/mol. The first-order valence-corrected chi connectivity index (χ1v) is 9.56. The molecule has 128 valence electrons. The topological polar surface area (TPSA) is 67.9 Å². The van der Waals surface area contributed by atoms with Gasteiger partial charge in [-0.1, -0.05) is 30.7 Å². The molecule has 7 heteroatoms. The summed E-state index contributed by atoms with van der Waals surface area (Å²) in [5, 5.41) is 17.0. The van der Waals surface area contributed by atoms with Crippen LogP contribution in [0.1, 0.15) is 25.7 Å². The molecule has 24 heavy (non-hydrogen) atoms. The Balaban J connectivity index is 1.44. The second kappa shape index (κ2) is 7.13. The SMILES string of the molecule is C=CCn1c(SCC2NC3CCCCC3N2)nnc1-c1ccco1. The van der Waals surface area contributed by atoms with Crippen LogP contribution in [0.15, 0.2) is 40.6 Å². The van der Waals surface area contributed by atoms with E-state index in [2.05, 4.69) is 32.0 Å². The summed E-state index contributed by atoms with van der Waals surface area (Å²) < 4.78 is 7.52. The summed E-state index contributed by atoms with van der Waals surface area (Å²) in [6, 6.07) is 5.04. The van der Waals surface area contributed by atoms with Gasteiger partial charge < -0.3 is 4.42 Å². The maximum Gasteiger partial charge on any atom is 0.200 e. The average Bonchev–Trinajstić information content (AvgIpc) is 3.32. The lowest BCUT2D eigenvalue weighted by Crippen LogP contribution is -2.36. The monoisotopic (exact) mass is 345 g/mol. The van der Waals surface area contributed by atoms with Crippen LogP contribution in [-0.2, 0) is 6.54 Å². The van der Waals surface area contributed by atoms with Gasteiger partial charge in [-0.2, -0.15) is 0 Å². The quantitative estimate of drug-likeness (QED) is 0.620. The molecule has 1 saturated carbocycles. The Labute approximate surface area is 146 Å². The van der Waals surface area contributed by atoms with E-state index >= 15 is 0 Å². The Morgan fingerprint density at radius 3 is 2.75 bits per heavy atom. The largest absolute Gasteiger partial charge is 0.461 e. The number of aromatic nitrogens is 3. The molecule has 1 aliphatic heterocycles. The van der Waals surface area contributed by atoms with E-state index < -0.39 is 0 Å². The van der Waals surface area contributed by atoms with Crippen LogP contribution in [0.25, 0.3) is 11.6 Å². The molecule has 2 fully saturated rings. The number of nitrogens with one attached hydrogen (secondary N) is 2. The minimum Gasteiger partial charge on any atom is -0.461 e. The van der Waals surface area contributed by atoms with Crippen LogP contribution in [0.4, 0.5) is 0 Å². The Kier molecular flexibility index (Phi) is 4.73. The van der Waals surface area contributed by atoms with Crippen molar-refractivity contribution >= 4 is 11.8 Å². The Morgan fingerprint density at radius 1 is 1.29 bits per heavy atom. The van der Waals surface area contributed by atoms with Crippen molar-refractivity contribution < 1.29 is 4.42 Å². The molecule has 2 unspecified atom stereocenters. The Bertz CT molecular complexity index is 669. The fourth-order valence-electron chi connectivity index (χ4n) is 3.63. The van der Waals surface area contributed by atoms with E-state index in [1.807, 2.05) is 18.2 Å². The van der Waals surface area contributed by atoms with Crippen molar-refractivity contribution in [2.45, 2.75) is 55.6 Å². The molecule has 2 N–H and O–H groups in total. The van der Waals surface area contributed by atoms with Crippen LogP contribution in [-0.4, -0.2) is 38.8 Å². The van der Waals surface area contributed by atoms with Crippen LogP contribution < -0.4 is 10.6 Å². The second-order valence-corrected chi connectivity index (χ2v) is 7.36. The lowest BCUT2D eigenvalue weighted by atomic mass is 9.92. The molecule has 0 spiro atoms. The van der Waals surface area contributed by atoms with Crippen molar-refractivity contribution in [3.8, 4) is 11.6 Å². The molecule has 2 aromatic heterocycles. The van der Waals surface area contributed by atoms with Gasteiger partial charge in [0, 0.05) is 24.4 Å². The molecule has 0 radical (unpaired) electrons. The van der Waals surface area contributed by atoms with Crippen LogP contribution in [0.5, 0.6) is 0 Å². The summed E-state index contributed by atoms with van der Waals surface area (Å²) in [5.74, 6) is 2.42. The first-order valence-electron chi connectivity index (χ1n) is 8.58. The van der Waals surface area contributed by atoms with E-state index in [9.17, 15) is 0 Å². The summed E-state index contributed by atoms with van der Waals surface area (Å²) >= 11 is 1.72. The maximum atomic E-state index is 5.47. The number of nitrogens with zero attached hydrogens (tertiary/aromatic N) is 3. The fraction of sp³-hybridized carbons (Fsp3) is 0.529. The molecule has 1 aliphatic carbocycles. The van der Waals surface area contributed by atoms with Gasteiger partial charge in [-0.3, -0.25) is 15.2 Å². The van der Waals surface area contributed by atoms with E-state index in [0.717, 1.165) is 22.5 Å². The molecule has 4 rings (SSSR count). The smallest absolute Gasteiger partial charge is 0.200 e. The van der Waals surface area contributed by atoms with Gasteiger partial charge in [0.05, 0.1) is 12.4 Å². The molecule has 3 heterocycles. The number of furan rings is 1. The van der Waals surface area contributed by atoms with Gasteiger partial charge in [0.25, 0.3) is 0 Å². The van der Waals surface area contributed by atoms with Crippen molar-refractivity contribution in [2.24, 2.45) is 0 Å². The molecule has 2 atom stereocenters. The van der Waals surface area contributed by atoms with Crippen molar-refractivity contribution in [1.29, 1.82) is 0 Å². The highest BCUT2D eigenvalue weighted by Gasteiger charge is 2.34. The summed E-state index contributed by atoms with van der Waals surface area (Å²) in [6.07, 6.45) is 9.11. The Hall–Kier alpha value is -1.57. The highest BCUT2D eigenvalue weighted by molar-refractivity contribution is 7.99. The standard InChI is InChI=1S/C17H23N5OS/c1-2-9-22-16(14-8-5-10-23-14)20-21-17(22)24-11-15-18-12-6-3-4-7-13(12)19-15/h2,5,8,10,12-13,15,18-19H,1,3-4,6-7,9,11H2. The highest BCUT2D eigenvalue weighted by Crippen LogP contribution is 2.27. The van der Waals surface area contributed by atoms with Gasteiger partial charge >= 0.3 is 0 Å². The highest BCUT2D eigenvalue weighted by atomic mass is 32.2. The van der Waals surface area contributed by atoms with Crippen LogP contribution >= 0.6 is 11.8 Å². The molecule has 0 amide bonds. The zero-order valence-corrected chi connectivity index (χ0v) is 14.5. The van der Waals surface area contributed by atoms with Gasteiger partial charge in [0.15, 0.2) is 10.9 Å². The summed E-state index contributed by atoms with van der Waals surface area (Å²) in [6.45, 7) is 4.51. The van der Waals surface area contributed by atoms with Gasteiger partial charge in [0.1, 0.15) is 0 Å². The van der Waals surface area contributed by atoms with Crippen molar-refractivity contribution in [3.05, 3.63) is 31.1 Å². The fourth-order valence-corrected chi connectivity index (χ4v) is 4.55. The van der Waals surface area contributed by atoms with Crippen LogP contribution in [0.3, 0.4) is 0 Å². The van der Waals surface area contributed by atoms with Gasteiger partial charge in [-0.05, 0) is 25.0 Å². The minimum absolute atomic E-state index is 0.337. The number of hydrogen-bond donors (Lipinski definition) is 2. The number of hydrogen-bond acceptors (Lipinski definition) is 6. The van der Waals surface area contributed by atoms with E-state index in [1.54, 1.807) is 18.0 Å². The van der Waals surface area contributed by atoms with Gasteiger partial charge in [0.2, 0.25) is 5.82 Å². The molecule has 6 nitrogen and oxygen atoms in total. The summed E-state index contributed by atoms with van der Waals surface area (Å²) in [5.41, 5.74) is 0. The number of thioether (sulfide) groups is 1. The van der Waals surface area contributed by atoms with Crippen molar-refractivity contribution in [1.82, 2.24) is 25.4 Å². The van der Waals surface area contributed by atoms with Gasteiger partial charge in [-0.15, -0.1) is 16.8 Å². The van der Waals surface area contributed by atoms with E-state index in [1.165, 1.54) is 25.7 Å². The van der Waals surface area contributed by atoms with E-state index in [-0.39, 0.29) is 0 Å². The second-order valence-electron chi connectivity index (χ2n) is 6.38. The van der Waals surface area contributed by atoms with Crippen molar-refractivity contribution in [2.75, 3.05) is 5.75 Å². The third-order valence-electron chi connectivity index (χ3n) is 4.75. The minimum atomic E-state index is 0.337. The predicted molar refractivity (Wildman–Crippen MR) is 94.7 cm³/mol. The summed E-state index contributed by atoms with van der Waals surface area (Å²) in [4.78, 5) is 0. The maximum absolute atomic E-state index is 5.47. The van der Waals surface area contributed by atoms with Crippen LogP contribution in [0.2, 0.25) is 0 Å². The number of rotatable bonds is 6. The summed E-state index contributed by atoms with van der Waals surface area (Å²) in [7, 11) is 0. The number of fused-ring (bicyclic) bond motifs is 1.